The van der Waals surface area contributed by atoms with Crippen LogP contribution in [0.25, 0.3) is 0 Å². The van der Waals surface area contributed by atoms with Crippen molar-refractivity contribution in [2.75, 3.05) is 13.7 Å². The largest absolute Gasteiger partial charge is 0.384 e. The average molecular weight is 164 g/mol. The third-order valence-electron chi connectivity index (χ3n) is 2.29. The summed E-state index contributed by atoms with van der Waals surface area (Å²) in [7, 11) is 1.74. The van der Waals surface area contributed by atoms with Crippen LogP contribution < -0.4 is 0 Å². The van der Waals surface area contributed by atoms with E-state index in [1.807, 2.05) is 0 Å². The van der Waals surface area contributed by atoms with Gasteiger partial charge in [-0.05, 0) is 37.0 Å². The summed E-state index contributed by atoms with van der Waals surface area (Å²) >= 11 is 0. The molecule has 0 bridgehead atoms. The van der Waals surface area contributed by atoms with Gasteiger partial charge in [-0.3, -0.25) is 0 Å². The van der Waals surface area contributed by atoms with Crippen LogP contribution in [-0.2, 0) is 11.2 Å². The van der Waals surface area contributed by atoms with Gasteiger partial charge in [0.2, 0.25) is 0 Å². The second-order valence-electron chi connectivity index (χ2n) is 3.10. The zero-order valence-electron chi connectivity index (χ0n) is 8.05. The van der Waals surface area contributed by atoms with E-state index in [1.54, 1.807) is 7.11 Å². The molecule has 1 rings (SSSR count). The maximum absolute atomic E-state index is 5.04. The van der Waals surface area contributed by atoms with Gasteiger partial charge in [-0.2, -0.15) is 0 Å². The summed E-state index contributed by atoms with van der Waals surface area (Å²) in [5.41, 5.74) is 4.16. The van der Waals surface area contributed by atoms with Crippen LogP contribution in [0, 0.1) is 13.8 Å². The van der Waals surface area contributed by atoms with Gasteiger partial charge in [-0.1, -0.05) is 18.2 Å². The SMILES string of the molecule is COCCc1cccc(C)c1C. The molecule has 0 N–H and O–H groups in total. The summed E-state index contributed by atoms with van der Waals surface area (Å²) in [6.45, 7) is 5.12. The zero-order valence-corrected chi connectivity index (χ0v) is 8.05. The second-order valence-corrected chi connectivity index (χ2v) is 3.10. The predicted octanol–water partition coefficient (Wildman–Crippen LogP) is 2.49. The fourth-order valence-electron chi connectivity index (χ4n) is 1.29. The molecule has 0 aliphatic carbocycles. The van der Waals surface area contributed by atoms with E-state index in [4.69, 9.17) is 4.74 Å². The van der Waals surface area contributed by atoms with Crippen molar-refractivity contribution in [2.45, 2.75) is 20.3 Å². The van der Waals surface area contributed by atoms with Crippen LogP contribution in [0.1, 0.15) is 16.7 Å². The lowest BCUT2D eigenvalue weighted by Gasteiger charge is -2.07. The first kappa shape index (κ1) is 9.27. The van der Waals surface area contributed by atoms with E-state index in [0.717, 1.165) is 13.0 Å². The van der Waals surface area contributed by atoms with Gasteiger partial charge in [-0.25, -0.2) is 0 Å². The van der Waals surface area contributed by atoms with Gasteiger partial charge in [-0.15, -0.1) is 0 Å². The molecule has 0 heterocycles. The molecule has 1 aromatic carbocycles. The van der Waals surface area contributed by atoms with E-state index in [-0.39, 0.29) is 0 Å². The standard InChI is InChI=1S/C11H16O/c1-9-5-4-6-11(10(9)2)7-8-12-3/h4-6H,7-8H2,1-3H3. The van der Waals surface area contributed by atoms with E-state index < -0.39 is 0 Å². The van der Waals surface area contributed by atoms with Crippen LogP contribution in [0.3, 0.4) is 0 Å². The zero-order chi connectivity index (χ0) is 8.97. The highest BCUT2D eigenvalue weighted by molar-refractivity contribution is 5.33. The summed E-state index contributed by atoms with van der Waals surface area (Å²) in [5, 5.41) is 0. The molecular formula is C11H16O. The number of rotatable bonds is 3. The number of aryl methyl sites for hydroxylation is 1. The minimum absolute atomic E-state index is 0.810. The number of ether oxygens (including phenoxy) is 1. The lowest BCUT2D eigenvalue weighted by Crippen LogP contribution is -1.97. The minimum Gasteiger partial charge on any atom is -0.384 e. The van der Waals surface area contributed by atoms with Crippen LogP contribution in [0.5, 0.6) is 0 Å². The molecule has 66 valence electrons. The van der Waals surface area contributed by atoms with Gasteiger partial charge >= 0.3 is 0 Å². The van der Waals surface area contributed by atoms with E-state index in [9.17, 15) is 0 Å². The Morgan fingerprint density at radius 2 is 2.00 bits per heavy atom. The fraction of sp³-hybridized carbons (Fsp3) is 0.455. The van der Waals surface area contributed by atoms with E-state index >= 15 is 0 Å². The Morgan fingerprint density at radius 1 is 1.25 bits per heavy atom. The van der Waals surface area contributed by atoms with E-state index in [2.05, 4.69) is 32.0 Å². The lowest BCUT2D eigenvalue weighted by molar-refractivity contribution is 0.202. The van der Waals surface area contributed by atoms with Crippen LogP contribution in [-0.4, -0.2) is 13.7 Å². The highest BCUT2D eigenvalue weighted by Gasteiger charge is 1.98. The fourth-order valence-corrected chi connectivity index (χ4v) is 1.29. The molecule has 0 spiro atoms. The smallest absolute Gasteiger partial charge is 0.0502 e. The van der Waals surface area contributed by atoms with Crippen molar-refractivity contribution in [1.29, 1.82) is 0 Å². The van der Waals surface area contributed by atoms with E-state index in [1.165, 1.54) is 16.7 Å². The molecule has 0 saturated heterocycles. The van der Waals surface area contributed by atoms with Gasteiger partial charge in [0.05, 0.1) is 6.61 Å². The lowest BCUT2D eigenvalue weighted by atomic mass is 10.0. The second kappa shape index (κ2) is 4.27. The number of methoxy groups -OCH3 is 1. The van der Waals surface area contributed by atoms with Crippen molar-refractivity contribution in [3.63, 3.8) is 0 Å². The Kier molecular flexibility index (Phi) is 3.30. The van der Waals surface area contributed by atoms with Crippen LogP contribution >= 0.6 is 0 Å². The predicted molar refractivity (Wildman–Crippen MR) is 51.5 cm³/mol. The van der Waals surface area contributed by atoms with Gasteiger partial charge in [0.25, 0.3) is 0 Å². The Morgan fingerprint density at radius 3 is 2.67 bits per heavy atom. The molecular weight excluding hydrogens is 148 g/mol. The normalized spacial score (nSPS) is 10.2. The maximum atomic E-state index is 5.04. The number of hydrogen-bond donors (Lipinski definition) is 0. The Bertz CT molecular complexity index is 253. The molecule has 0 unspecified atom stereocenters. The van der Waals surface area contributed by atoms with Crippen molar-refractivity contribution in [3.8, 4) is 0 Å². The number of hydrogen-bond acceptors (Lipinski definition) is 1. The quantitative estimate of drug-likeness (QED) is 0.667. The topological polar surface area (TPSA) is 9.23 Å². The maximum Gasteiger partial charge on any atom is 0.0502 e. The monoisotopic (exact) mass is 164 g/mol. The van der Waals surface area contributed by atoms with Crippen molar-refractivity contribution < 1.29 is 4.74 Å². The minimum atomic E-state index is 0.810. The van der Waals surface area contributed by atoms with E-state index in [0.29, 0.717) is 0 Å². The summed E-state index contributed by atoms with van der Waals surface area (Å²) in [6.07, 6.45) is 1.02. The van der Waals surface area contributed by atoms with Gasteiger partial charge in [0, 0.05) is 7.11 Å². The molecule has 0 radical (unpaired) electrons. The van der Waals surface area contributed by atoms with Crippen molar-refractivity contribution >= 4 is 0 Å². The number of benzene rings is 1. The van der Waals surface area contributed by atoms with Gasteiger partial charge < -0.3 is 4.74 Å². The first-order valence-corrected chi connectivity index (χ1v) is 4.29. The molecule has 12 heavy (non-hydrogen) atoms. The van der Waals surface area contributed by atoms with Crippen LogP contribution in [0.4, 0.5) is 0 Å². The highest BCUT2D eigenvalue weighted by atomic mass is 16.5. The average Bonchev–Trinajstić information content (AvgIpc) is 2.08. The third-order valence-corrected chi connectivity index (χ3v) is 2.29. The first-order valence-electron chi connectivity index (χ1n) is 4.29. The van der Waals surface area contributed by atoms with Crippen molar-refractivity contribution in [3.05, 3.63) is 34.9 Å². The first-order chi connectivity index (χ1) is 5.75. The van der Waals surface area contributed by atoms with Gasteiger partial charge in [0.1, 0.15) is 0 Å². The molecule has 1 aromatic rings. The summed E-state index contributed by atoms with van der Waals surface area (Å²) in [5.74, 6) is 0. The Balaban J connectivity index is 2.78. The third kappa shape index (κ3) is 2.08. The molecule has 0 fully saturated rings. The highest BCUT2D eigenvalue weighted by Crippen LogP contribution is 2.12. The molecule has 1 nitrogen and oxygen atoms in total. The molecule has 0 aliphatic rings. The summed E-state index contributed by atoms with van der Waals surface area (Å²) in [6, 6.07) is 6.42. The summed E-state index contributed by atoms with van der Waals surface area (Å²) in [4.78, 5) is 0. The van der Waals surface area contributed by atoms with Crippen LogP contribution in [0.2, 0.25) is 0 Å². The molecule has 0 amide bonds. The van der Waals surface area contributed by atoms with Gasteiger partial charge in [0.15, 0.2) is 0 Å². The Hall–Kier alpha value is -0.820. The molecule has 0 aliphatic heterocycles. The molecule has 1 heteroatoms. The Labute approximate surface area is 74.4 Å². The van der Waals surface area contributed by atoms with Crippen molar-refractivity contribution in [1.82, 2.24) is 0 Å². The molecule has 0 atom stereocenters. The van der Waals surface area contributed by atoms with Crippen LogP contribution in [0.15, 0.2) is 18.2 Å². The molecule has 0 saturated carbocycles. The molecule has 0 aromatic heterocycles. The van der Waals surface area contributed by atoms with Crippen molar-refractivity contribution in [2.24, 2.45) is 0 Å². The summed E-state index contributed by atoms with van der Waals surface area (Å²) < 4.78 is 5.04.